The molecule has 7 nitrogen and oxygen atoms in total. The van der Waals surface area contributed by atoms with Crippen LogP contribution < -0.4 is 4.72 Å². The van der Waals surface area contributed by atoms with E-state index in [0.717, 1.165) is 28.9 Å². The molecular weight excluding hydrogens is 397 g/mol. The van der Waals surface area contributed by atoms with Crippen LogP contribution in [0.25, 0.3) is 11.0 Å². The minimum absolute atomic E-state index is 0.00440. The number of fused-ring (bicyclic) bond motifs is 3. The number of carboxylic acids is 1. The summed E-state index contributed by atoms with van der Waals surface area (Å²) >= 11 is 0. The van der Waals surface area contributed by atoms with E-state index in [-0.39, 0.29) is 10.9 Å². The number of aliphatic carboxylic acids is 1. The highest BCUT2D eigenvalue weighted by atomic mass is 32.2. The van der Waals surface area contributed by atoms with Crippen LogP contribution in [0.2, 0.25) is 0 Å². The number of pyridine rings is 1. The molecule has 2 atom stereocenters. The lowest BCUT2D eigenvalue weighted by atomic mass is 9.93. The number of hydrogen-bond donors (Lipinski definition) is 2. The summed E-state index contributed by atoms with van der Waals surface area (Å²) in [6.45, 7) is 1.62. The average Bonchev–Trinajstić information content (AvgIpc) is 3.01. The maximum Gasteiger partial charge on any atom is 0.326 e. The van der Waals surface area contributed by atoms with Crippen molar-refractivity contribution in [3.05, 3.63) is 59.7 Å². The number of hydrogen-bond acceptors (Lipinski definition) is 4. The van der Waals surface area contributed by atoms with Crippen molar-refractivity contribution >= 4 is 27.0 Å². The van der Waals surface area contributed by atoms with Gasteiger partial charge < -0.3 is 9.67 Å². The van der Waals surface area contributed by atoms with Gasteiger partial charge in [-0.3, -0.25) is 4.98 Å². The lowest BCUT2D eigenvalue weighted by Crippen LogP contribution is -2.39. The number of rotatable bonds is 5. The van der Waals surface area contributed by atoms with E-state index in [4.69, 9.17) is 0 Å². The highest BCUT2D eigenvalue weighted by molar-refractivity contribution is 7.89. The first-order chi connectivity index (χ1) is 13.8. The zero-order chi connectivity index (χ0) is 20.8. The van der Waals surface area contributed by atoms with Gasteiger partial charge in [0.1, 0.15) is 11.9 Å². The molecule has 1 aliphatic rings. The number of aromatic nitrogens is 2. The quantitative estimate of drug-likeness (QED) is 0.665. The molecule has 1 aliphatic carbocycles. The zero-order valence-corrected chi connectivity index (χ0v) is 16.5. The van der Waals surface area contributed by atoms with Gasteiger partial charge in [-0.2, -0.15) is 0 Å². The van der Waals surface area contributed by atoms with Gasteiger partial charge in [-0.05, 0) is 62.6 Å². The zero-order valence-electron chi connectivity index (χ0n) is 15.7. The van der Waals surface area contributed by atoms with Crippen molar-refractivity contribution in [1.29, 1.82) is 0 Å². The molecule has 4 rings (SSSR count). The monoisotopic (exact) mass is 417 g/mol. The van der Waals surface area contributed by atoms with Crippen LogP contribution in [0, 0.1) is 5.82 Å². The molecule has 0 spiro atoms. The highest BCUT2D eigenvalue weighted by Crippen LogP contribution is 2.34. The van der Waals surface area contributed by atoms with E-state index < -0.39 is 27.9 Å². The molecule has 0 amide bonds. The first-order valence-corrected chi connectivity index (χ1v) is 10.7. The Bertz CT molecular complexity index is 1190. The third-order valence-corrected chi connectivity index (χ3v) is 6.88. The standard InChI is InChI=1S/C20H20FN3O4S/c1-12(20(25)26)24-17-9-6-14(11-16(17)19-18(24)3-2-10-22-19)23-29(27,28)15-7-4-13(21)5-8-15/h2-5,7-8,10,12,14,23H,6,9,11H2,1H3,(H,25,26). The van der Waals surface area contributed by atoms with Gasteiger partial charge in [0, 0.05) is 23.5 Å². The van der Waals surface area contributed by atoms with E-state index >= 15 is 0 Å². The minimum atomic E-state index is -3.79. The van der Waals surface area contributed by atoms with Crippen LogP contribution in [0.5, 0.6) is 0 Å². The Hall–Kier alpha value is -2.78. The Balaban J connectivity index is 1.68. The van der Waals surface area contributed by atoms with E-state index in [1.807, 2.05) is 6.07 Å². The summed E-state index contributed by atoms with van der Waals surface area (Å²) in [5.41, 5.74) is 3.17. The SMILES string of the molecule is CC(C(=O)O)n1c2c(c3ncccc31)CC(NS(=O)(=O)c1ccc(F)cc1)CC2. The van der Waals surface area contributed by atoms with Gasteiger partial charge >= 0.3 is 5.97 Å². The van der Waals surface area contributed by atoms with Crippen molar-refractivity contribution in [1.82, 2.24) is 14.3 Å². The molecule has 0 fully saturated rings. The number of nitrogens with zero attached hydrogens (tertiary/aromatic N) is 2. The van der Waals surface area contributed by atoms with Gasteiger partial charge in [0.25, 0.3) is 0 Å². The Morgan fingerprint density at radius 1 is 1.31 bits per heavy atom. The average molecular weight is 417 g/mol. The third-order valence-electron chi connectivity index (χ3n) is 5.34. The van der Waals surface area contributed by atoms with Crippen LogP contribution in [0.3, 0.4) is 0 Å². The summed E-state index contributed by atoms with van der Waals surface area (Å²) in [4.78, 5) is 16.0. The molecule has 152 valence electrons. The summed E-state index contributed by atoms with van der Waals surface area (Å²) in [5, 5.41) is 9.51. The van der Waals surface area contributed by atoms with Crippen LogP contribution in [0.15, 0.2) is 47.5 Å². The minimum Gasteiger partial charge on any atom is -0.480 e. The Morgan fingerprint density at radius 3 is 2.72 bits per heavy atom. The molecular formula is C20H20FN3O4S. The molecule has 0 bridgehead atoms. The predicted octanol–water partition coefficient (Wildman–Crippen LogP) is 2.66. The van der Waals surface area contributed by atoms with E-state index in [1.54, 1.807) is 23.8 Å². The van der Waals surface area contributed by atoms with Crippen LogP contribution >= 0.6 is 0 Å². The van der Waals surface area contributed by atoms with Crippen molar-refractivity contribution in [2.75, 3.05) is 0 Å². The molecule has 29 heavy (non-hydrogen) atoms. The molecule has 2 N–H and O–H groups in total. The lowest BCUT2D eigenvalue weighted by molar-refractivity contribution is -0.140. The van der Waals surface area contributed by atoms with Gasteiger partial charge in [0.2, 0.25) is 10.0 Å². The fraction of sp³-hybridized carbons (Fsp3) is 0.300. The highest BCUT2D eigenvalue weighted by Gasteiger charge is 2.31. The maximum atomic E-state index is 13.1. The largest absolute Gasteiger partial charge is 0.480 e. The molecule has 2 aromatic heterocycles. The summed E-state index contributed by atoms with van der Waals surface area (Å²) in [7, 11) is -3.79. The van der Waals surface area contributed by atoms with Crippen molar-refractivity contribution in [2.24, 2.45) is 0 Å². The number of nitrogens with one attached hydrogen (secondary N) is 1. The van der Waals surface area contributed by atoms with Crippen molar-refractivity contribution in [3.63, 3.8) is 0 Å². The molecule has 0 radical (unpaired) electrons. The Labute approximate surface area is 167 Å². The fourth-order valence-electron chi connectivity index (χ4n) is 3.95. The summed E-state index contributed by atoms with van der Waals surface area (Å²) in [6, 6.07) is 7.15. The van der Waals surface area contributed by atoms with E-state index in [0.29, 0.717) is 24.8 Å². The Morgan fingerprint density at radius 2 is 2.03 bits per heavy atom. The van der Waals surface area contributed by atoms with Gasteiger partial charge in [0.05, 0.1) is 15.9 Å². The van der Waals surface area contributed by atoms with Crippen molar-refractivity contribution in [2.45, 2.75) is 43.2 Å². The number of benzene rings is 1. The summed E-state index contributed by atoms with van der Waals surface area (Å²) in [6.07, 6.45) is 3.10. The number of sulfonamides is 1. The maximum absolute atomic E-state index is 13.1. The van der Waals surface area contributed by atoms with Crippen LogP contribution in [-0.4, -0.2) is 35.1 Å². The topological polar surface area (TPSA) is 101 Å². The van der Waals surface area contributed by atoms with Gasteiger partial charge in [-0.25, -0.2) is 22.3 Å². The first kappa shape index (κ1) is 19.5. The number of carboxylic acid groups (broad SMARTS) is 1. The predicted molar refractivity (Wildman–Crippen MR) is 105 cm³/mol. The number of carbonyl (C=O) groups is 1. The second-order valence-electron chi connectivity index (χ2n) is 7.20. The van der Waals surface area contributed by atoms with Crippen LogP contribution in [0.4, 0.5) is 4.39 Å². The molecule has 2 unspecified atom stereocenters. The van der Waals surface area contributed by atoms with E-state index in [2.05, 4.69) is 9.71 Å². The van der Waals surface area contributed by atoms with Gasteiger partial charge in [-0.15, -0.1) is 0 Å². The van der Waals surface area contributed by atoms with Crippen LogP contribution in [-0.2, 0) is 27.7 Å². The van der Waals surface area contributed by atoms with Gasteiger partial charge in [0.15, 0.2) is 0 Å². The number of halogens is 1. The van der Waals surface area contributed by atoms with E-state index in [9.17, 15) is 22.7 Å². The molecule has 0 saturated carbocycles. The summed E-state index contributed by atoms with van der Waals surface area (Å²) in [5.74, 6) is -1.44. The fourth-order valence-corrected chi connectivity index (χ4v) is 5.22. The normalized spacial score (nSPS) is 17.8. The second-order valence-corrected chi connectivity index (χ2v) is 8.91. The smallest absolute Gasteiger partial charge is 0.326 e. The molecule has 0 aliphatic heterocycles. The summed E-state index contributed by atoms with van der Waals surface area (Å²) < 4.78 is 42.9. The van der Waals surface area contributed by atoms with Crippen molar-refractivity contribution in [3.8, 4) is 0 Å². The molecule has 2 heterocycles. The molecule has 3 aromatic rings. The molecule has 1 aromatic carbocycles. The van der Waals surface area contributed by atoms with Crippen LogP contribution in [0.1, 0.15) is 30.6 Å². The molecule has 9 heteroatoms. The van der Waals surface area contributed by atoms with Crippen molar-refractivity contribution < 1.29 is 22.7 Å². The van der Waals surface area contributed by atoms with E-state index in [1.165, 1.54) is 12.1 Å². The molecule has 0 saturated heterocycles. The Kier molecular flexibility index (Phi) is 4.87. The lowest BCUT2D eigenvalue weighted by Gasteiger charge is -2.25. The second kappa shape index (κ2) is 7.23. The first-order valence-electron chi connectivity index (χ1n) is 9.25. The third kappa shape index (κ3) is 3.51. The van der Waals surface area contributed by atoms with Gasteiger partial charge in [-0.1, -0.05) is 0 Å².